The molecule has 1 aromatic carbocycles. The van der Waals surface area contributed by atoms with Crippen LogP contribution in [0, 0.1) is 5.92 Å². The molecule has 1 heterocycles. The molecule has 21 heavy (non-hydrogen) atoms. The monoisotopic (exact) mass is 290 g/mol. The Hall–Kier alpha value is -1.71. The summed E-state index contributed by atoms with van der Waals surface area (Å²) in [6.45, 7) is 8.04. The van der Waals surface area contributed by atoms with Crippen LogP contribution in [0.15, 0.2) is 24.3 Å². The average Bonchev–Trinajstić information content (AvgIpc) is 2.49. The summed E-state index contributed by atoms with van der Waals surface area (Å²) in [6, 6.07) is 8.54. The lowest BCUT2D eigenvalue weighted by molar-refractivity contribution is -0.136. The third kappa shape index (κ3) is 4.38. The molecule has 0 unspecified atom stereocenters. The van der Waals surface area contributed by atoms with Crippen LogP contribution in [0.1, 0.15) is 33.1 Å². The standard InChI is InChI=1S/C17H26N2O2/c1-3-18(13-10-17(20)21)15-4-6-16(7-5-15)19-11-8-14(2)9-12-19/h4-7,14H,3,8-13H2,1-2H3,(H,20,21). The average molecular weight is 290 g/mol. The lowest BCUT2D eigenvalue weighted by Crippen LogP contribution is -2.32. The Morgan fingerprint density at radius 3 is 2.43 bits per heavy atom. The number of carboxylic acids is 1. The van der Waals surface area contributed by atoms with Crippen LogP contribution in [0.5, 0.6) is 0 Å². The van der Waals surface area contributed by atoms with E-state index in [4.69, 9.17) is 5.11 Å². The molecule has 4 heteroatoms. The molecule has 2 rings (SSSR count). The van der Waals surface area contributed by atoms with Gasteiger partial charge in [-0.2, -0.15) is 0 Å². The molecule has 1 aliphatic rings. The smallest absolute Gasteiger partial charge is 0.305 e. The van der Waals surface area contributed by atoms with E-state index >= 15 is 0 Å². The number of carbonyl (C=O) groups is 1. The van der Waals surface area contributed by atoms with Crippen LogP contribution < -0.4 is 9.80 Å². The summed E-state index contributed by atoms with van der Waals surface area (Å²) in [5.41, 5.74) is 2.38. The van der Waals surface area contributed by atoms with E-state index in [9.17, 15) is 4.79 Å². The SMILES string of the molecule is CCN(CCC(=O)O)c1ccc(N2CCC(C)CC2)cc1. The number of rotatable bonds is 6. The molecule has 0 radical (unpaired) electrons. The number of nitrogens with zero attached hydrogens (tertiary/aromatic N) is 2. The van der Waals surface area contributed by atoms with Crippen LogP contribution in [0.25, 0.3) is 0 Å². The van der Waals surface area contributed by atoms with Gasteiger partial charge in [0, 0.05) is 37.6 Å². The molecule has 0 bridgehead atoms. The van der Waals surface area contributed by atoms with Gasteiger partial charge in [-0.05, 0) is 49.9 Å². The van der Waals surface area contributed by atoms with Crippen molar-refractivity contribution in [1.82, 2.24) is 0 Å². The first-order valence-electron chi connectivity index (χ1n) is 7.92. The molecular formula is C17H26N2O2. The summed E-state index contributed by atoms with van der Waals surface area (Å²) in [5.74, 6) is 0.0969. The number of anilines is 2. The van der Waals surface area contributed by atoms with Crippen LogP contribution in [0.2, 0.25) is 0 Å². The molecule has 4 nitrogen and oxygen atoms in total. The van der Waals surface area contributed by atoms with Gasteiger partial charge in [-0.25, -0.2) is 0 Å². The Labute approximate surface area is 127 Å². The van der Waals surface area contributed by atoms with Gasteiger partial charge in [0.2, 0.25) is 0 Å². The highest BCUT2D eigenvalue weighted by Gasteiger charge is 2.16. The van der Waals surface area contributed by atoms with E-state index in [1.165, 1.54) is 18.5 Å². The van der Waals surface area contributed by atoms with E-state index in [-0.39, 0.29) is 6.42 Å². The molecule has 1 saturated heterocycles. The highest BCUT2D eigenvalue weighted by atomic mass is 16.4. The van der Waals surface area contributed by atoms with Gasteiger partial charge >= 0.3 is 5.97 Å². The summed E-state index contributed by atoms with van der Waals surface area (Å²) in [5, 5.41) is 8.81. The van der Waals surface area contributed by atoms with Crippen LogP contribution in [0.3, 0.4) is 0 Å². The van der Waals surface area contributed by atoms with Gasteiger partial charge in [-0.15, -0.1) is 0 Å². The summed E-state index contributed by atoms with van der Waals surface area (Å²) >= 11 is 0. The molecule has 0 saturated carbocycles. The van der Waals surface area contributed by atoms with Crippen molar-refractivity contribution in [3.8, 4) is 0 Å². The molecule has 0 atom stereocenters. The molecule has 1 N–H and O–H groups in total. The second-order valence-electron chi connectivity index (χ2n) is 5.91. The van der Waals surface area contributed by atoms with Crippen molar-refractivity contribution in [2.24, 2.45) is 5.92 Å². The van der Waals surface area contributed by atoms with Gasteiger partial charge in [-0.3, -0.25) is 4.79 Å². The molecule has 116 valence electrons. The van der Waals surface area contributed by atoms with Gasteiger partial charge in [0.1, 0.15) is 0 Å². The number of hydrogen-bond acceptors (Lipinski definition) is 3. The maximum atomic E-state index is 10.7. The highest BCUT2D eigenvalue weighted by Crippen LogP contribution is 2.25. The van der Waals surface area contributed by atoms with Gasteiger partial charge in [0.05, 0.1) is 6.42 Å². The van der Waals surface area contributed by atoms with Crippen molar-refractivity contribution in [3.63, 3.8) is 0 Å². The maximum Gasteiger partial charge on any atom is 0.305 e. The quantitative estimate of drug-likeness (QED) is 0.873. The number of benzene rings is 1. The van der Waals surface area contributed by atoms with Gasteiger partial charge in [0.25, 0.3) is 0 Å². The minimum Gasteiger partial charge on any atom is -0.481 e. The number of hydrogen-bond donors (Lipinski definition) is 1. The molecule has 0 aromatic heterocycles. The molecule has 0 aliphatic carbocycles. The van der Waals surface area contributed by atoms with E-state index in [1.807, 2.05) is 0 Å². The minimum atomic E-state index is -0.743. The van der Waals surface area contributed by atoms with Crippen molar-refractivity contribution in [2.75, 3.05) is 36.0 Å². The second-order valence-corrected chi connectivity index (χ2v) is 5.91. The Kier molecular flexibility index (Phi) is 5.48. The fourth-order valence-electron chi connectivity index (χ4n) is 2.84. The molecule has 0 amide bonds. The predicted octanol–water partition coefficient (Wildman–Crippen LogP) is 3.22. The first-order valence-corrected chi connectivity index (χ1v) is 7.92. The molecular weight excluding hydrogens is 264 g/mol. The van der Waals surface area contributed by atoms with Crippen LogP contribution in [-0.4, -0.2) is 37.3 Å². The van der Waals surface area contributed by atoms with E-state index in [0.29, 0.717) is 6.54 Å². The summed E-state index contributed by atoms with van der Waals surface area (Å²) < 4.78 is 0. The van der Waals surface area contributed by atoms with Crippen molar-refractivity contribution >= 4 is 17.3 Å². The Morgan fingerprint density at radius 2 is 1.90 bits per heavy atom. The van der Waals surface area contributed by atoms with E-state index < -0.39 is 5.97 Å². The van der Waals surface area contributed by atoms with Crippen molar-refractivity contribution in [1.29, 1.82) is 0 Å². The predicted molar refractivity (Wildman–Crippen MR) is 87.2 cm³/mol. The molecule has 1 aliphatic heterocycles. The fourth-order valence-corrected chi connectivity index (χ4v) is 2.84. The normalized spacial score (nSPS) is 16.0. The summed E-state index contributed by atoms with van der Waals surface area (Å²) in [4.78, 5) is 15.3. The van der Waals surface area contributed by atoms with E-state index in [0.717, 1.165) is 31.2 Å². The molecule has 1 aromatic rings. The van der Waals surface area contributed by atoms with Crippen LogP contribution in [-0.2, 0) is 4.79 Å². The van der Waals surface area contributed by atoms with Gasteiger partial charge in [0.15, 0.2) is 0 Å². The Bertz CT molecular complexity index is 450. The number of aliphatic carboxylic acids is 1. The highest BCUT2D eigenvalue weighted by molar-refractivity contribution is 5.68. The lowest BCUT2D eigenvalue weighted by Gasteiger charge is -2.32. The first kappa shape index (κ1) is 15.7. The van der Waals surface area contributed by atoms with E-state index in [2.05, 4.69) is 47.9 Å². The number of piperidine rings is 1. The third-order valence-electron chi connectivity index (χ3n) is 4.34. The van der Waals surface area contributed by atoms with Crippen molar-refractivity contribution < 1.29 is 9.90 Å². The third-order valence-corrected chi connectivity index (χ3v) is 4.34. The first-order chi connectivity index (χ1) is 10.1. The molecule has 0 spiro atoms. The zero-order chi connectivity index (χ0) is 15.2. The summed E-state index contributed by atoms with van der Waals surface area (Å²) in [7, 11) is 0. The van der Waals surface area contributed by atoms with Gasteiger partial charge in [-0.1, -0.05) is 6.92 Å². The van der Waals surface area contributed by atoms with E-state index in [1.54, 1.807) is 0 Å². The minimum absolute atomic E-state index is 0.180. The fraction of sp³-hybridized carbons (Fsp3) is 0.588. The maximum absolute atomic E-state index is 10.7. The zero-order valence-corrected chi connectivity index (χ0v) is 13.1. The Morgan fingerprint density at radius 1 is 1.29 bits per heavy atom. The zero-order valence-electron chi connectivity index (χ0n) is 13.1. The summed E-state index contributed by atoms with van der Waals surface area (Å²) in [6.07, 6.45) is 2.71. The van der Waals surface area contributed by atoms with Crippen molar-refractivity contribution in [2.45, 2.75) is 33.1 Å². The van der Waals surface area contributed by atoms with Crippen molar-refractivity contribution in [3.05, 3.63) is 24.3 Å². The molecule has 1 fully saturated rings. The lowest BCUT2D eigenvalue weighted by atomic mass is 9.99. The van der Waals surface area contributed by atoms with Crippen LogP contribution >= 0.6 is 0 Å². The Balaban J connectivity index is 1.98. The van der Waals surface area contributed by atoms with Crippen LogP contribution in [0.4, 0.5) is 11.4 Å². The topological polar surface area (TPSA) is 43.8 Å². The largest absolute Gasteiger partial charge is 0.481 e. The number of carboxylic acid groups (broad SMARTS) is 1. The second kappa shape index (κ2) is 7.34. The van der Waals surface area contributed by atoms with Gasteiger partial charge < -0.3 is 14.9 Å².